The zero-order chi connectivity index (χ0) is 11.8. The van der Waals surface area contributed by atoms with Gasteiger partial charge >= 0.3 is 0 Å². The molecule has 3 N–H and O–H groups in total. The summed E-state index contributed by atoms with van der Waals surface area (Å²) in [5.74, 6) is -0.451. The monoisotopic (exact) mass is 243 g/mol. The topological polar surface area (TPSA) is 74.0 Å². The van der Waals surface area contributed by atoms with Crippen LogP contribution in [0.2, 0.25) is 0 Å². The van der Waals surface area contributed by atoms with Gasteiger partial charge in [0.05, 0.1) is 6.54 Å². The molecular weight excluding hydrogens is 230 g/mol. The predicted octanol–water partition coefficient (Wildman–Crippen LogP) is 0.376. The van der Waals surface area contributed by atoms with E-state index in [2.05, 4.69) is 15.6 Å². The summed E-state index contributed by atoms with van der Waals surface area (Å²) in [6, 6.07) is 3.75. The molecule has 0 saturated carbocycles. The summed E-state index contributed by atoms with van der Waals surface area (Å²) in [5, 5.41) is 5.24. The Labute approximate surface area is 98.6 Å². The molecule has 1 heterocycles. The Morgan fingerprint density at radius 1 is 1.31 bits per heavy atom. The van der Waals surface area contributed by atoms with Crippen molar-refractivity contribution in [1.82, 2.24) is 15.6 Å². The Hall–Kier alpha value is -1.49. The van der Waals surface area contributed by atoms with Gasteiger partial charge in [-0.3, -0.25) is 9.59 Å². The van der Waals surface area contributed by atoms with Crippen LogP contribution < -0.4 is 10.6 Å². The summed E-state index contributed by atoms with van der Waals surface area (Å²) < 4.78 is 0. The van der Waals surface area contributed by atoms with E-state index in [-0.39, 0.29) is 24.1 Å². The number of hydrogen-bond donors (Lipinski definition) is 3. The van der Waals surface area contributed by atoms with Gasteiger partial charge in [0.1, 0.15) is 5.88 Å². The average Bonchev–Trinajstić information content (AvgIpc) is 2.79. The number of hydrogen-bond acceptors (Lipinski definition) is 2. The summed E-state index contributed by atoms with van der Waals surface area (Å²) >= 11 is 5.28. The van der Waals surface area contributed by atoms with Gasteiger partial charge in [-0.25, -0.2) is 0 Å². The molecule has 0 spiro atoms. The Morgan fingerprint density at radius 3 is 2.75 bits per heavy atom. The van der Waals surface area contributed by atoms with E-state index >= 15 is 0 Å². The number of halogens is 1. The summed E-state index contributed by atoms with van der Waals surface area (Å²) in [6.07, 6.45) is 2.05. The van der Waals surface area contributed by atoms with E-state index in [1.54, 1.807) is 6.20 Å². The third-order valence-electron chi connectivity index (χ3n) is 1.93. The van der Waals surface area contributed by atoms with Gasteiger partial charge in [0.2, 0.25) is 11.8 Å². The van der Waals surface area contributed by atoms with Crippen LogP contribution >= 0.6 is 11.6 Å². The van der Waals surface area contributed by atoms with Crippen LogP contribution in [0.5, 0.6) is 0 Å². The molecule has 0 fully saturated rings. The number of alkyl halides is 1. The first-order chi connectivity index (χ1) is 7.72. The van der Waals surface area contributed by atoms with Crippen LogP contribution in [0.1, 0.15) is 12.1 Å². The SMILES string of the molecule is O=C(CCl)NCCC(=O)NCc1ccc[nH]1. The average molecular weight is 244 g/mol. The van der Waals surface area contributed by atoms with Crippen molar-refractivity contribution in [2.24, 2.45) is 0 Å². The predicted molar refractivity (Wildman–Crippen MR) is 61.0 cm³/mol. The van der Waals surface area contributed by atoms with E-state index in [1.807, 2.05) is 12.1 Å². The van der Waals surface area contributed by atoms with E-state index < -0.39 is 0 Å². The number of nitrogens with one attached hydrogen (secondary N) is 3. The molecule has 88 valence electrons. The molecule has 1 aromatic heterocycles. The van der Waals surface area contributed by atoms with Crippen molar-refractivity contribution in [1.29, 1.82) is 0 Å². The van der Waals surface area contributed by atoms with E-state index in [9.17, 15) is 9.59 Å². The number of carbonyl (C=O) groups is 2. The van der Waals surface area contributed by atoms with Gasteiger partial charge in [-0.15, -0.1) is 11.6 Å². The van der Waals surface area contributed by atoms with Crippen LogP contribution in [0.3, 0.4) is 0 Å². The molecule has 6 heteroatoms. The smallest absolute Gasteiger partial charge is 0.234 e. The molecule has 0 unspecified atom stereocenters. The largest absolute Gasteiger partial charge is 0.364 e. The van der Waals surface area contributed by atoms with Crippen LogP contribution in [0, 0.1) is 0 Å². The summed E-state index contributed by atoms with van der Waals surface area (Å²) in [4.78, 5) is 25.0. The first-order valence-electron chi connectivity index (χ1n) is 4.94. The number of aromatic nitrogens is 1. The first-order valence-corrected chi connectivity index (χ1v) is 5.47. The minimum Gasteiger partial charge on any atom is -0.364 e. The molecule has 0 atom stereocenters. The standard InChI is InChI=1S/C10H14ClN3O2/c11-6-10(16)13-5-3-9(15)14-7-8-2-1-4-12-8/h1-2,4,12H,3,5-7H2,(H,13,16)(H,14,15). The van der Waals surface area contributed by atoms with Crippen LogP contribution in [0.25, 0.3) is 0 Å². The van der Waals surface area contributed by atoms with Gasteiger partial charge < -0.3 is 15.6 Å². The minimum absolute atomic E-state index is 0.0793. The highest BCUT2D eigenvalue weighted by Crippen LogP contribution is 1.93. The second-order valence-electron chi connectivity index (χ2n) is 3.21. The van der Waals surface area contributed by atoms with Crippen LogP contribution in [0.15, 0.2) is 18.3 Å². The van der Waals surface area contributed by atoms with Crippen molar-refractivity contribution in [3.8, 4) is 0 Å². The molecule has 0 saturated heterocycles. The van der Waals surface area contributed by atoms with Gasteiger partial charge in [-0.05, 0) is 12.1 Å². The highest BCUT2D eigenvalue weighted by atomic mass is 35.5. The summed E-state index contributed by atoms with van der Waals surface area (Å²) in [5.41, 5.74) is 0.943. The van der Waals surface area contributed by atoms with Crippen molar-refractivity contribution in [2.75, 3.05) is 12.4 Å². The quantitative estimate of drug-likeness (QED) is 0.632. The molecule has 0 aliphatic carbocycles. The van der Waals surface area contributed by atoms with E-state index in [4.69, 9.17) is 11.6 Å². The highest BCUT2D eigenvalue weighted by molar-refractivity contribution is 6.27. The Balaban J connectivity index is 2.09. The second kappa shape index (κ2) is 6.90. The van der Waals surface area contributed by atoms with Crippen LogP contribution in [-0.2, 0) is 16.1 Å². The molecular formula is C10H14ClN3O2. The van der Waals surface area contributed by atoms with Gasteiger partial charge in [-0.2, -0.15) is 0 Å². The van der Waals surface area contributed by atoms with E-state index in [0.29, 0.717) is 13.1 Å². The van der Waals surface area contributed by atoms with E-state index in [0.717, 1.165) is 5.69 Å². The zero-order valence-electron chi connectivity index (χ0n) is 8.75. The third-order valence-corrected chi connectivity index (χ3v) is 2.18. The molecule has 0 aliphatic heterocycles. The zero-order valence-corrected chi connectivity index (χ0v) is 9.51. The number of amides is 2. The lowest BCUT2D eigenvalue weighted by molar-refractivity contribution is -0.121. The van der Waals surface area contributed by atoms with Crippen molar-refractivity contribution in [2.45, 2.75) is 13.0 Å². The van der Waals surface area contributed by atoms with Gasteiger partial charge in [-0.1, -0.05) is 0 Å². The third kappa shape index (κ3) is 4.84. The van der Waals surface area contributed by atoms with Crippen molar-refractivity contribution in [3.05, 3.63) is 24.0 Å². The molecule has 1 rings (SSSR count). The lowest BCUT2D eigenvalue weighted by Gasteiger charge is -2.04. The Bertz CT molecular complexity index is 338. The fraction of sp³-hybridized carbons (Fsp3) is 0.400. The Morgan fingerprint density at radius 2 is 2.12 bits per heavy atom. The molecule has 0 aliphatic rings. The maximum absolute atomic E-state index is 11.3. The lowest BCUT2D eigenvalue weighted by atomic mass is 10.3. The summed E-state index contributed by atoms with van der Waals surface area (Å²) in [7, 11) is 0. The minimum atomic E-state index is -0.265. The number of rotatable bonds is 6. The summed E-state index contributed by atoms with van der Waals surface area (Å²) in [6.45, 7) is 0.775. The number of H-pyrrole nitrogens is 1. The number of aromatic amines is 1. The maximum atomic E-state index is 11.3. The maximum Gasteiger partial charge on any atom is 0.234 e. The van der Waals surface area contributed by atoms with Gasteiger partial charge in [0.25, 0.3) is 0 Å². The number of carbonyl (C=O) groups excluding carboxylic acids is 2. The normalized spacial score (nSPS) is 9.81. The van der Waals surface area contributed by atoms with Crippen LogP contribution in [0.4, 0.5) is 0 Å². The molecule has 0 aromatic carbocycles. The molecule has 0 radical (unpaired) electrons. The fourth-order valence-corrected chi connectivity index (χ4v) is 1.22. The van der Waals surface area contributed by atoms with Crippen molar-refractivity contribution < 1.29 is 9.59 Å². The van der Waals surface area contributed by atoms with Gasteiger partial charge in [0.15, 0.2) is 0 Å². The van der Waals surface area contributed by atoms with Crippen molar-refractivity contribution >= 4 is 23.4 Å². The molecule has 16 heavy (non-hydrogen) atoms. The van der Waals surface area contributed by atoms with E-state index in [1.165, 1.54) is 0 Å². The Kier molecular flexibility index (Phi) is 5.42. The fourth-order valence-electron chi connectivity index (χ4n) is 1.12. The highest BCUT2D eigenvalue weighted by Gasteiger charge is 2.03. The molecule has 1 aromatic rings. The van der Waals surface area contributed by atoms with Crippen LogP contribution in [-0.4, -0.2) is 29.2 Å². The molecule has 5 nitrogen and oxygen atoms in total. The van der Waals surface area contributed by atoms with Crippen molar-refractivity contribution in [3.63, 3.8) is 0 Å². The molecule has 0 bridgehead atoms. The molecule has 2 amide bonds. The van der Waals surface area contributed by atoms with Gasteiger partial charge in [0, 0.05) is 24.9 Å². The lowest BCUT2D eigenvalue weighted by Crippen LogP contribution is -2.31. The first kappa shape index (κ1) is 12.6. The second-order valence-corrected chi connectivity index (χ2v) is 3.47.